The molecule has 3 unspecified atom stereocenters. The molecule has 4 nitrogen and oxygen atoms in total. The Morgan fingerprint density at radius 3 is 2.61 bits per heavy atom. The number of rotatable bonds is 5. The fourth-order valence-electron chi connectivity index (χ4n) is 3.41. The van der Waals surface area contributed by atoms with Gasteiger partial charge in [0.05, 0.1) is 6.10 Å². The van der Waals surface area contributed by atoms with Gasteiger partial charge in [-0.15, -0.1) is 0 Å². The lowest BCUT2D eigenvalue weighted by atomic mass is 10.0. The molecule has 1 saturated heterocycles. The first-order chi connectivity index (χ1) is 11.2. The Morgan fingerprint density at radius 2 is 1.91 bits per heavy atom. The van der Waals surface area contributed by atoms with Gasteiger partial charge >= 0.3 is 0 Å². The molecule has 1 N–H and O–H groups in total. The molecular weight excluding hydrogens is 288 g/mol. The summed E-state index contributed by atoms with van der Waals surface area (Å²) in [5, 5.41) is 10.5. The Bertz CT molecular complexity index is 624. The highest BCUT2D eigenvalue weighted by Gasteiger charge is 2.33. The van der Waals surface area contributed by atoms with Crippen LogP contribution in [0.3, 0.4) is 0 Å². The molecule has 2 heterocycles. The van der Waals surface area contributed by atoms with Crippen LogP contribution in [0.2, 0.25) is 0 Å². The minimum atomic E-state index is -0.517. The number of aliphatic hydroxyl groups excluding tert-OH is 1. The van der Waals surface area contributed by atoms with Gasteiger partial charge in [-0.25, -0.2) is 0 Å². The van der Waals surface area contributed by atoms with Gasteiger partial charge in [-0.2, -0.15) is 0 Å². The summed E-state index contributed by atoms with van der Waals surface area (Å²) < 4.78 is 1.94. The molecule has 1 aromatic carbocycles. The second kappa shape index (κ2) is 7.01. The quantitative estimate of drug-likeness (QED) is 0.922. The van der Waals surface area contributed by atoms with Gasteiger partial charge in [0, 0.05) is 25.0 Å². The van der Waals surface area contributed by atoms with Crippen molar-refractivity contribution in [2.45, 2.75) is 44.4 Å². The summed E-state index contributed by atoms with van der Waals surface area (Å²) in [6, 6.07) is 13.5. The number of amides is 1. The lowest BCUT2D eigenvalue weighted by Crippen LogP contribution is -2.40. The minimum absolute atomic E-state index is 0.121. The summed E-state index contributed by atoms with van der Waals surface area (Å²) in [6.07, 6.45) is 5.91. The lowest BCUT2D eigenvalue weighted by molar-refractivity contribution is -0.135. The standard InChI is InChI=1S/C19H24N2O2/c1-15(20-11-5-6-12-20)19(23)21-13-7-10-17(21)14-18(22)16-8-3-2-4-9-16/h2-6,8-9,11-12,15,17-18,22H,7,10,13-14H2,1H3. The van der Waals surface area contributed by atoms with Crippen LogP contribution in [0.25, 0.3) is 0 Å². The third-order valence-corrected chi connectivity index (χ3v) is 4.77. The van der Waals surface area contributed by atoms with Crippen molar-refractivity contribution < 1.29 is 9.90 Å². The van der Waals surface area contributed by atoms with Gasteiger partial charge in [0.2, 0.25) is 5.91 Å². The fraction of sp³-hybridized carbons (Fsp3) is 0.421. The molecule has 0 spiro atoms. The fourth-order valence-corrected chi connectivity index (χ4v) is 3.41. The van der Waals surface area contributed by atoms with Gasteiger partial charge in [0.1, 0.15) is 6.04 Å². The number of hydrogen-bond acceptors (Lipinski definition) is 2. The Balaban J connectivity index is 1.67. The van der Waals surface area contributed by atoms with Crippen LogP contribution in [0.5, 0.6) is 0 Å². The summed E-state index contributed by atoms with van der Waals surface area (Å²) in [4.78, 5) is 14.8. The predicted molar refractivity (Wildman–Crippen MR) is 89.9 cm³/mol. The summed E-state index contributed by atoms with van der Waals surface area (Å²) >= 11 is 0. The zero-order valence-corrected chi connectivity index (χ0v) is 13.5. The van der Waals surface area contributed by atoms with Gasteiger partial charge in [0.25, 0.3) is 0 Å². The van der Waals surface area contributed by atoms with E-state index in [0.717, 1.165) is 24.9 Å². The van der Waals surface area contributed by atoms with E-state index in [1.165, 1.54) is 0 Å². The zero-order valence-electron chi connectivity index (χ0n) is 13.5. The van der Waals surface area contributed by atoms with E-state index in [-0.39, 0.29) is 18.0 Å². The maximum Gasteiger partial charge on any atom is 0.245 e. The molecule has 1 aliphatic rings. The van der Waals surface area contributed by atoms with Crippen LogP contribution in [-0.2, 0) is 4.79 Å². The van der Waals surface area contributed by atoms with Crippen LogP contribution < -0.4 is 0 Å². The van der Waals surface area contributed by atoms with Gasteiger partial charge in [-0.05, 0) is 43.9 Å². The van der Waals surface area contributed by atoms with E-state index < -0.39 is 6.10 Å². The number of hydrogen-bond donors (Lipinski definition) is 1. The van der Waals surface area contributed by atoms with Gasteiger partial charge < -0.3 is 14.6 Å². The lowest BCUT2D eigenvalue weighted by Gasteiger charge is -2.29. The normalized spacial score (nSPS) is 20.4. The maximum atomic E-state index is 12.8. The SMILES string of the molecule is CC(C(=O)N1CCCC1CC(O)c1ccccc1)n1cccc1. The molecular formula is C19H24N2O2. The third-order valence-electron chi connectivity index (χ3n) is 4.77. The van der Waals surface area contributed by atoms with E-state index in [1.54, 1.807) is 0 Å². The zero-order chi connectivity index (χ0) is 16.2. The van der Waals surface area contributed by atoms with Crippen LogP contribution >= 0.6 is 0 Å². The van der Waals surface area contributed by atoms with Crippen molar-refractivity contribution >= 4 is 5.91 Å². The van der Waals surface area contributed by atoms with E-state index in [4.69, 9.17) is 0 Å². The number of benzene rings is 1. The molecule has 0 saturated carbocycles. The first-order valence-corrected chi connectivity index (χ1v) is 8.33. The van der Waals surface area contributed by atoms with Crippen LogP contribution in [0.1, 0.15) is 43.9 Å². The minimum Gasteiger partial charge on any atom is -0.388 e. The van der Waals surface area contributed by atoms with Crippen LogP contribution in [0.4, 0.5) is 0 Å². The van der Waals surface area contributed by atoms with Gasteiger partial charge in [-0.3, -0.25) is 4.79 Å². The number of nitrogens with zero attached hydrogens (tertiary/aromatic N) is 2. The second-order valence-corrected chi connectivity index (χ2v) is 6.30. The highest BCUT2D eigenvalue weighted by atomic mass is 16.3. The Labute approximate surface area is 137 Å². The van der Waals surface area contributed by atoms with Crippen molar-refractivity contribution in [2.75, 3.05) is 6.54 Å². The van der Waals surface area contributed by atoms with E-state index >= 15 is 0 Å². The third kappa shape index (κ3) is 3.48. The number of likely N-dealkylation sites (tertiary alicyclic amines) is 1. The molecule has 3 rings (SSSR count). The molecule has 0 bridgehead atoms. The Hall–Kier alpha value is -2.07. The monoisotopic (exact) mass is 312 g/mol. The summed E-state index contributed by atoms with van der Waals surface area (Å²) in [7, 11) is 0. The largest absolute Gasteiger partial charge is 0.388 e. The van der Waals surface area contributed by atoms with Crippen molar-refractivity contribution in [3.8, 4) is 0 Å². The van der Waals surface area contributed by atoms with Crippen LogP contribution in [0, 0.1) is 0 Å². The summed E-state index contributed by atoms with van der Waals surface area (Å²) in [6.45, 7) is 2.72. The van der Waals surface area contributed by atoms with Crippen LogP contribution in [-0.4, -0.2) is 33.1 Å². The molecule has 1 aliphatic heterocycles. The molecule has 122 valence electrons. The number of carbonyl (C=O) groups excluding carboxylic acids is 1. The highest BCUT2D eigenvalue weighted by molar-refractivity contribution is 5.80. The molecule has 23 heavy (non-hydrogen) atoms. The second-order valence-electron chi connectivity index (χ2n) is 6.30. The molecule has 1 fully saturated rings. The van der Waals surface area contributed by atoms with E-state index in [9.17, 15) is 9.90 Å². The van der Waals surface area contributed by atoms with E-state index in [2.05, 4.69) is 0 Å². The summed E-state index contributed by atoms with van der Waals surface area (Å²) in [5.41, 5.74) is 0.922. The molecule has 1 amide bonds. The van der Waals surface area contributed by atoms with Gasteiger partial charge in [0.15, 0.2) is 0 Å². The molecule has 3 atom stereocenters. The van der Waals surface area contributed by atoms with E-state index in [0.29, 0.717) is 6.42 Å². The average molecular weight is 312 g/mol. The topological polar surface area (TPSA) is 45.5 Å². The van der Waals surface area contributed by atoms with Crippen LogP contribution in [0.15, 0.2) is 54.9 Å². The molecule has 1 aromatic heterocycles. The molecule has 2 aromatic rings. The van der Waals surface area contributed by atoms with Crippen molar-refractivity contribution in [3.63, 3.8) is 0 Å². The summed E-state index contributed by atoms with van der Waals surface area (Å²) in [5.74, 6) is 0.143. The Kier molecular flexibility index (Phi) is 4.82. The first-order valence-electron chi connectivity index (χ1n) is 8.33. The van der Waals surface area contributed by atoms with Crippen molar-refractivity contribution in [3.05, 3.63) is 60.4 Å². The highest BCUT2D eigenvalue weighted by Crippen LogP contribution is 2.29. The predicted octanol–water partition coefficient (Wildman–Crippen LogP) is 3.16. The number of aromatic nitrogens is 1. The van der Waals surface area contributed by atoms with Crippen molar-refractivity contribution in [1.82, 2.24) is 9.47 Å². The van der Waals surface area contributed by atoms with E-state index in [1.807, 2.05) is 71.2 Å². The molecule has 4 heteroatoms. The van der Waals surface area contributed by atoms with Crippen molar-refractivity contribution in [2.24, 2.45) is 0 Å². The maximum absolute atomic E-state index is 12.8. The Morgan fingerprint density at radius 1 is 1.22 bits per heavy atom. The number of carbonyl (C=O) groups is 1. The van der Waals surface area contributed by atoms with Crippen molar-refractivity contribution in [1.29, 1.82) is 0 Å². The first kappa shape index (κ1) is 15.8. The molecule has 0 aliphatic carbocycles. The van der Waals surface area contributed by atoms with Gasteiger partial charge in [-0.1, -0.05) is 30.3 Å². The number of aliphatic hydroxyl groups is 1. The average Bonchev–Trinajstić information content (AvgIpc) is 3.26. The smallest absolute Gasteiger partial charge is 0.245 e. The molecule has 0 radical (unpaired) electrons.